The molecule has 0 saturated heterocycles. The van der Waals surface area contributed by atoms with Gasteiger partial charge in [-0.25, -0.2) is 9.36 Å². The molecule has 0 radical (unpaired) electrons. The summed E-state index contributed by atoms with van der Waals surface area (Å²) in [4.78, 5) is 23.4. The molecule has 9 nitrogen and oxygen atoms in total. The number of carbonyl (C=O) groups is 1. The largest absolute Gasteiger partial charge is 0.305 e. The molecule has 2 heterocycles. The fourth-order valence-electron chi connectivity index (χ4n) is 2.87. The zero-order valence-corrected chi connectivity index (χ0v) is 18.0. The maximum atomic E-state index is 12.8. The number of aromatic nitrogens is 4. The van der Waals surface area contributed by atoms with Crippen LogP contribution in [0, 0.1) is 10.1 Å². The molecule has 1 aromatic carbocycles. The number of anilines is 1. The summed E-state index contributed by atoms with van der Waals surface area (Å²) in [6.45, 7) is 12.2. The molecule has 9 heteroatoms. The van der Waals surface area contributed by atoms with E-state index in [1.807, 2.05) is 26.8 Å². The minimum absolute atomic E-state index is 0.0437. The van der Waals surface area contributed by atoms with Crippen molar-refractivity contribution in [3.05, 3.63) is 64.1 Å². The molecule has 0 fully saturated rings. The van der Waals surface area contributed by atoms with Gasteiger partial charge in [-0.2, -0.15) is 10.2 Å². The van der Waals surface area contributed by atoms with Crippen LogP contribution in [0.15, 0.2) is 42.6 Å². The quantitative estimate of drug-likeness (QED) is 0.510. The van der Waals surface area contributed by atoms with Crippen molar-refractivity contribution in [1.82, 2.24) is 19.6 Å². The molecular formula is C21H26N6O3. The highest BCUT2D eigenvalue weighted by Crippen LogP contribution is 2.28. The van der Waals surface area contributed by atoms with Crippen LogP contribution in [0.3, 0.4) is 0 Å². The van der Waals surface area contributed by atoms with Gasteiger partial charge in [0.15, 0.2) is 5.69 Å². The van der Waals surface area contributed by atoms with Gasteiger partial charge in [0.2, 0.25) is 0 Å². The highest BCUT2D eigenvalue weighted by atomic mass is 16.6. The van der Waals surface area contributed by atoms with Crippen molar-refractivity contribution < 1.29 is 9.72 Å². The molecule has 0 atom stereocenters. The van der Waals surface area contributed by atoms with Crippen molar-refractivity contribution >= 4 is 17.4 Å². The van der Waals surface area contributed by atoms with Crippen LogP contribution in [-0.4, -0.2) is 30.4 Å². The Hall–Kier alpha value is -3.49. The van der Waals surface area contributed by atoms with E-state index in [0.717, 1.165) is 5.69 Å². The topological polar surface area (TPSA) is 108 Å². The van der Waals surface area contributed by atoms with E-state index in [9.17, 15) is 14.9 Å². The Kier molecular flexibility index (Phi) is 5.23. The van der Waals surface area contributed by atoms with Crippen molar-refractivity contribution in [3.63, 3.8) is 0 Å². The van der Waals surface area contributed by atoms with E-state index in [1.165, 1.54) is 16.8 Å². The van der Waals surface area contributed by atoms with Crippen LogP contribution in [0.4, 0.5) is 11.5 Å². The highest BCUT2D eigenvalue weighted by molar-refractivity contribution is 6.02. The number of hydrogen-bond acceptors (Lipinski definition) is 5. The molecule has 2 aromatic heterocycles. The van der Waals surface area contributed by atoms with E-state index in [2.05, 4.69) is 31.2 Å². The van der Waals surface area contributed by atoms with Gasteiger partial charge >= 0.3 is 0 Å². The SMILES string of the molecule is CC(C)(C)c1cc(NC(=O)c2ccn(-c3cccc([N+](=O)[O-])c3)n2)n(C(C)(C)C)n1. The molecule has 158 valence electrons. The number of rotatable bonds is 4. The summed E-state index contributed by atoms with van der Waals surface area (Å²) in [6.07, 6.45) is 1.59. The first-order valence-electron chi connectivity index (χ1n) is 9.59. The normalized spacial score (nSPS) is 12.1. The summed E-state index contributed by atoms with van der Waals surface area (Å²) in [5.41, 5.74) is 1.03. The Balaban J connectivity index is 1.88. The average molecular weight is 410 g/mol. The number of benzene rings is 1. The van der Waals surface area contributed by atoms with Gasteiger partial charge in [0.25, 0.3) is 11.6 Å². The van der Waals surface area contributed by atoms with E-state index in [1.54, 1.807) is 29.1 Å². The minimum atomic E-state index is -0.471. The first kappa shape index (κ1) is 21.2. The van der Waals surface area contributed by atoms with Gasteiger partial charge in [-0.3, -0.25) is 14.9 Å². The number of hydrogen-bond donors (Lipinski definition) is 1. The zero-order valence-electron chi connectivity index (χ0n) is 18.0. The Morgan fingerprint density at radius 2 is 1.77 bits per heavy atom. The van der Waals surface area contributed by atoms with Crippen LogP contribution >= 0.6 is 0 Å². The van der Waals surface area contributed by atoms with Crippen LogP contribution < -0.4 is 5.32 Å². The summed E-state index contributed by atoms with van der Waals surface area (Å²) < 4.78 is 3.23. The molecule has 1 N–H and O–H groups in total. The van der Waals surface area contributed by atoms with Crippen LogP contribution in [0.25, 0.3) is 5.69 Å². The Labute approximate surface area is 174 Å². The van der Waals surface area contributed by atoms with Crippen LogP contribution in [0.1, 0.15) is 57.7 Å². The Morgan fingerprint density at radius 1 is 1.07 bits per heavy atom. The Bertz CT molecular complexity index is 1100. The van der Waals surface area contributed by atoms with Gasteiger partial charge in [-0.15, -0.1) is 0 Å². The van der Waals surface area contributed by atoms with Gasteiger partial charge in [0.1, 0.15) is 5.82 Å². The number of nitrogens with zero attached hydrogens (tertiary/aromatic N) is 5. The Morgan fingerprint density at radius 3 is 2.37 bits per heavy atom. The molecule has 0 aliphatic rings. The lowest BCUT2D eigenvalue weighted by Gasteiger charge is -2.22. The molecule has 1 amide bonds. The minimum Gasteiger partial charge on any atom is -0.305 e. The number of amides is 1. The fraction of sp³-hybridized carbons (Fsp3) is 0.381. The van der Waals surface area contributed by atoms with Gasteiger partial charge in [0, 0.05) is 29.8 Å². The summed E-state index contributed by atoms with van der Waals surface area (Å²) >= 11 is 0. The maximum absolute atomic E-state index is 12.8. The summed E-state index contributed by atoms with van der Waals surface area (Å²) in [6, 6.07) is 9.51. The second-order valence-electron chi connectivity index (χ2n) is 9.12. The van der Waals surface area contributed by atoms with E-state index in [0.29, 0.717) is 11.5 Å². The van der Waals surface area contributed by atoms with E-state index in [4.69, 9.17) is 5.10 Å². The fourth-order valence-corrected chi connectivity index (χ4v) is 2.87. The molecule has 0 aliphatic carbocycles. The van der Waals surface area contributed by atoms with Crippen molar-refractivity contribution in [2.45, 2.75) is 52.5 Å². The predicted octanol–water partition coefficient (Wildman–Crippen LogP) is 4.28. The first-order chi connectivity index (χ1) is 13.9. The highest BCUT2D eigenvalue weighted by Gasteiger charge is 2.26. The van der Waals surface area contributed by atoms with Gasteiger partial charge in [0.05, 0.1) is 21.8 Å². The van der Waals surface area contributed by atoms with Crippen molar-refractivity contribution in [3.8, 4) is 5.69 Å². The predicted molar refractivity (Wildman–Crippen MR) is 114 cm³/mol. The molecule has 3 aromatic rings. The number of nitro benzene ring substituents is 1. The lowest BCUT2D eigenvalue weighted by atomic mass is 9.92. The van der Waals surface area contributed by atoms with Crippen molar-refractivity contribution in [1.29, 1.82) is 0 Å². The van der Waals surface area contributed by atoms with E-state index < -0.39 is 4.92 Å². The lowest BCUT2D eigenvalue weighted by Crippen LogP contribution is -2.27. The third-order valence-electron chi connectivity index (χ3n) is 4.48. The number of nitrogens with one attached hydrogen (secondary N) is 1. The van der Waals surface area contributed by atoms with Gasteiger partial charge < -0.3 is 5.32 Å². The van der Waals surface area contributed by atoms with Crippen LogP contribution in [-0.2, 0) is 11.0 Å². The summed E-state index contributed by atoms with van der Waals surface area (Å²) in [5.74, 6) is 0.201. The van der Waals surface area contributed by atoms with Crippen LogP contribution in [0.2, 0.25) is 0 Å². The van der Waals surface area contributed by atoms with Gasteiger partial charge in [-0.1, -0.05) is 26.8 Å². The van der Waals surface area contributed by atoms with Gasteiger partial charge in [-0.05, 0) is 32.9 Å². The molecule has 0 unspecified atom stereocenters. The lowest BCUT2D eigenvalue weighted by molar-refractivity contribution is -0.384. The molecule has 0 aliphatic heterocycles. The molecule has 0 spiro atoms. The monoisotopic (exact) mass is 410 g/mol. The maximum Gasteiger partial charge on any atom is 0.277 e. The second kappa shape index (κ2) is 7.40. The second-order valence-corrected chi connectivity index (χ2v) is 9.12. The number of non-ortho nitro benzene ring substituents is 1. The van der Waals surface area contributed by atoms with E-state index >= 15 is 0 Å². The number of nitro groups is 1. The smallest absolute Gasteiger partial charge is 0.277 e. The third kappa shape index (κ3) is 4.40. The summed E-state index contributed by atoms with van der Waals surface area (Å²) in [5, 5.41) is 22.9. The third-order valence-corrected chi connectivity index (χ3v) is 4.48. The molecule has 0 saturated carbocycles. The molecular weight excluding hydrogens is 384 g/mol. The average Bonchev–Trinajstić information content (AvgIpc) is 3.28. The molecule has 0 bridgehead atoms. The standard InChI is InChI=1S/C21H26N6O3/c1-20(2,3)17-13-18(26(24-17)21(4,5)6)22-19(28)16-10-11-25(23-16)14-8-7-9-15(12-14)27(29)30/h7-13H,1-6H3,(H,22,28). The van der Waals surface area contributed by atoms with Crippen LogP contribution in [0.5, 0.6) is 0 Å². The summed E-state index contributed by atoms with van der Waals surface area (Å²) in [7, 11) is 0. The van der Waals surface area contributed by atoms with Crippen molar-refractivity contribution in [2.75, 3.05) is 5.32 Å². The molecule has 30 heavy (non-hydrogen) atoms. The first-order valence-corrected chi connectivity index (χ1v) is 9.59. The van der Waals surface area contributed by atoms with E-state index in [-0.39, 0.29) is 28.2 Å². The molecule has 3 rings (SSSR count). The van der Waals surface area contributed by atoms with Crippen molar-refractivity contribution in [2.24, 2.45) is 0 Å². The zero-order chi connectivity index (χ0) is 22.3. The number of carbonyl (C=O) groups excluding carboxylic acids is 1.